The Balaban J connectivity index is 2.25. The number of hydrogen-bond acceptors (Lipinski definition) is 5. The molecule has 0 aliphatic carbocycles. The molecule has 2 aromatic rings. The first kappa shape index (κ1) is 17.4. The Morgan fingerprint density at radius 2 is 1.79 bits per heavy atom. The van der Waals surface area contributed by atoms with E-state index in [0.717, 1.165) is 14.8 Å². The number of nitrogens with zero attached hydrogens (tertiary/aromatic N) is 3. The molecule has 1 aromatic carbocycles. The van der Waals surface area contributed by atoms with Crippen molar-refractivity contribution in [1.29, 1.82) is 0 Å². The van der Waals surface area contributed by atoms with Gasteiger partial charge < -0.3 is 10.4 Å². The van der Waals surface area contributed by atoms with Gasteiger partial charge in [0, 0.05) is 19.8 Å². The third kappa shape index (κ3) is 3.51. The van der Waals surface area contributed by atoms with Gasteiger partial charge in [0.05, 0.1) is 5.71 Å². The van der Waals surface area contributed by atoms with Crippen LogP contribution in [0.1, 0.15) is 12.5 Å². The summed E-state index contributed by atoms with van der Waals surface area (Å²) in [6, 6.07) is 9.25. The molecule has 9 heteroatoms. The summed E-state index contributed by atoms with van der Waals surface area (Å²) < 4.78 is 1.87. The molecule has 0 saturated heterocycles. The Bertz CT molecular complexity index is 915. The number of aromatic hydroxyl groups is 1. The molecule has 0 fully saturated rings. The first-order valence-electron chi connectivity index (χ1n) is 6.98. The van der Waals surface area contributed by atoms with Crippen LogP contribution >= 0.6 is 12.2 Å². The molecule has 0 aliphatic heterocycles. The van der Waals surface area contributed by atoms with Gasteiger partial charge in [-0.15, -0.1) is 0 Å². The van der Waals surface area contributed by atoms with Crippen molar-refractivity contribution >= 4 is 28.7 Å². The number of aromatic nitrogens is 2. The summed E-state index contributed by atoms with van der Waals surface area (Å²) in [5.74, 6) is -0.451. The van der Waals surface area contributed by atoms with Crippen molar-refractivity contribution in [1.82, 2.24) is 14.6 Å². The van der Waals surface area contributed by atoms with Crippen molar-refractivity contribution in [3.63, 3.8) is 0 Å². The Kier molecular flexibility index (Phi) is 5.14. The van der Waals surface area contributed by atoms with Gasteiger partial charge in [-0.2, -0.15) is 5.10 Å². The van der Waals surface area contributed by atoms with Gasteiger partial charge in [0.15, 0.2) is 5.11 Å². The summed E-state index contributed by atoms with van der Waals surface area (Å²) in [6.07, 6.45) is 0. The van der Waals surface area contributed by atoms with Gasteiger partial charge in [-0.1, -0.05) is 18.2 Å². The van der Waals surface area contributed by atoms with Gasteiger partial charge >= 0.3 is 5.69 Å². The standard InChI is InChI=1S/C15H17N5O3S/c1-9(11-12(21)19(2)15(23)20(3)13(11)22)17-18-14(24)16-10-7-5-4-6-8-10/h4-8,21H,1-3H3,(H2,16,18,24)/b17-9-. The highest BCUT2D eigenvalue weighted by molar-refractivity contribution is 7.80. The third-order valence-electron chi connectivity index (χ3n) is 3.35. The first-order chi connectivity index (χ1) is 11.3. The maximum Gasteiger partial charge on any atom is 0.333 e. The quantitative estimate of drug-likeness (QED) is 0.425. The number of thiocarbonyl (C=S) groups is 1. The summed E-state index contributed by atoms with van der Waals surface area (Å²) in [6.45, 7) is 1.53. The van der Waals surface area contributed by atoms with E-state index in [1.807, 2.05) is 30.3 Å². The molecule has 1 heterocycles. The fourth-order valence-corrected chi connectivity index (χ4v) is 2.18. The van der Waals surface area contributed by atoms with Crippen LogP contribution in [-0.4, -0.2) is 25.1 Å². The lowest BCUT2D eigenvalue weighted by Gasteiger charge is -2.11. The number of para-hydroxylation sites is 1. The van der Waals surface area contributed by atoms with Crippen LogP contribution in [0.25, 0.3) is 0 Å². The number of hydrogen-bond donors (Lipinski definition) is 3. The van der Waals surface area contributed by atoms with Crippen molar-refractivity contribution in [2.24, 2.45) is 19.2 Å². The number of anilines is 1. The Morgan fingerprint density at radius 1 is 1.17 bits per heavy atom. The van der Waals surface area contributed by atoms with E-state index >= 15 is 0 Å². The minimum atomic E-state index is -0.638. The maximum atomic E-state index is 12.2. The zero-order valence-corrected chi connectivity index (χ0v) is 14.2. The van der Waals surface area contributed by atoms with Gasteiger partial charge in [-0.3, -0.25) is 19.4 Å². The minimum Gasteiger partial charge on any atom is -0.494 e. The highest BCUT2D eigenvalue weighted by atomic mass is 32.1. The second kappa shape index (κ2) is 7.09. The van der Waals surface area contributed by atoms with Crippen LogP contribution in [0, 0.1) is 0 Å². The zero-order valence-electron chi connectivity index (χ0n) is 13.4. The van der Waals surface area contributed by atoms with E-state index in [1.165, 1.54) is 21.0 Å². The van der Waals surface area contributed by atoms with Gasteiger partial charge in [0.25, 0.3) is 5.56 Å². The normalized spacial score (nSPS) is 11.2. The van der Waals surface area contributed by atoms with Crippen molar-refractivity contribution in [2.45, 2.75) is 6.92 Å². The van der Waals surface area contributed by atoms with E-state index in [4.69, 9.17) is 12.2 Å². The Labute approximate surface area is 143 Å². The molecule has 0 radical (unpaired) electrons. The van der Waals surface area contributed by atoms with E-state index in [1.54, 1.807) is 0 Å². The molecular weight excluding hydrogens is 330 g/mol. The van der Waals surface area contributed by atoms with E-state index in [-0.39, 0.29) is 16.4 Å². The largest absolute Gasteiger partial charge is 0.494 e. The van der Waals surface area contributed by atoms with Gasteiger partial charge in [0.1, 0.15) is 5.56 Å². The summed E-state index contributed by atoms with van der Waals surface area (Å²) in [5.41, 5.74) is 2.24. The second-order valence-corrected chi connectivity index (χ2v) is 5.44. The first-order valence-corrected chi connectivity index (χ1v) is 7.39. The minimum absolute atomic E-state index is 0.0744. The van der Waals surface area contributed by atoms with Crippen LogP contribution in [0.15, 0.2) is 45.0 Å². The molecule has 0 aliphatic rings. The Morgan fingerprint density at radius 3 is 2.42 bits per heavy atom. The van der Waals surface area contributed by atoms with E-state index in [0.29, 0.717) is 0 Å². The highest BCUT2D eigenvalue weighted by Gasteiger charge is 2.17. The molecule has 8 nitrogen and oxygen atoms in total. The summed E-state index contributed by atoms with van der Waals surface area (Å²) >= 11 is 5.11. The second-order valence-electron chi connectivity index (χ2n) is 5.03. The molecule has 24 heavy (non-hydrogen) atoms. The average molecular weight is 347 g/mol. The topological polar surface area (TPSA) is 101 Å². The lowest BCUT2D eigenvalue weighted by molar-refractivity contribution is 0.410. The summed E-state index contributed by atoms with van der Waals surface area (Å²) in [7, 11) is 2.69. The smallest absolute Gasteiger partial charge is 0.333 e. The molecule has 0 spiro atoms. The molecule has 0 bridgehead atoms. The number of benzene rings is 1. The van der Waals surface area contributed by atoms with Crippen LogP contribution in [0.2, 0.25) is 0 Å². The summed E-state index contributed by atoms with van der Waals surface area (Å²) in [5, 5.41) is 17.2. The fourth-order valence-electron chi connectivity index (χ4n) is 2.02. The lowest BCUT2D eigenvalue weighted by atomic mass is 10.2. The highest BCUT2D eigenvalue weighted by Crippen LogP contribution is 2.10. The molecule has 0 amide bonds. The molecule has 0 unspecified atom stereocenters. The fraction of sp³-hybridized carbons (Fsp3) is 0.200. The summed E-state index contributed by atoms with van der Waals surface area (Å²) in [4.78, 5) is 23.9. The van der Waals surface area contributed by atoms with Crippen LogP contribution in [0.4, 0.5) is 5.69 Å². The van der Waals surface area contributed by atoms with E-state index < -0.39 is 17.1 Å². The molecule has 1 aromatic heterocycles. The van der Waals surface area contributed by atoms with Crippen LogP contribution < -0.4 is 22.0 Å². The van der Waals surface area contributed by atoms with Crippen molar-refractivity contribution in [3.05, 3.63) is 56.7 Å². The monoisotopic (exact) mass is 347 g/mol. The van der Waals surface area contributed by atoms with Crippen molar-refractivity contribution in [2.75, 3.05) is 5.32 Å². The van der Waals surface area contributed by atoms with Crippen LogP contribution in [-0.2, 0) is 14.1 Å². The average Bonchev–Trinajstić information content (AvgIpc) is 2.57. The zero-order chi connectivity index (χ0) is 17.9. The molecule has 3 N–H and O–H groups in total. The Hall–Kier alpha value is -2.94. The third-order valence-corrected chi connectivity index (χ3v) is 3.55. The maximum absolute atomic E-state index is 12.2. The van der Waals surface area contributed by atoms with Crippen molar-refractivity contribution < 1.29 is 5.11 Å². The molecule has 0 atom stereocenters. The van der Waals surface area contributed by atoms with Crippen LogP contribution in [0.3, 0.4) is 0 Å². The number of hydrazone groups is 1. The SMILES string of the molecule is C/C(=N/NC(=S)Nc1ccccc1)c1c(O)n(C)c(=O)n(C)c1=O. The number of rotatable bonds is 3. The molecule has 126 valence electrons. The molecule has 0 saturated carbocycles. The van der Waals surface area contributed by atoms with Gasteiger partial charge in [0.2, 0.25) is 5.88 Å². The lowest BCUT2D eigenvalue weighted by Crippen LogP contribution is -2.40. The van der Waals surface area contributed by atoms with Gasteiger partial charge in [-0.25, -0.2) is 4.79 Å². The predicted octanol–water partition coefficient (Wildman–Crippen LogP) is 0.500. The molecular formula is C15H17N5O3S. The van der Waals surface area contributed by atoms with E-state index in [9.17, 15) is 14.7 Å². The van der Waals surface area contributed by atoms with Gasteiger partial charge in [-0.05, 0) is 31.3 Å². The predicted molar refractivity (Wildman–Crippen MR) is 96.6 cm³/mol. The molecule has 2 rings (SSSR count). The number of nitrogens with one attached hydrogen (secondary N) is 2. The van der Waals surface area contributed by atoms with Crippen molar-refractivity contribution in [3.8, 4) is 5.88 Å². The van der Waals surface area contributed by atoms with E-state index in [2.05, 4.69) is 15.8 Å². The van der Waals surface area contributed by atoms with Crippen LogP contribution in [0.5, 0.6) is 5.88 Å².